The SMILES string of the molecule is N[C@@H](Cc1ccc(Oc2ccc([N+](=O)[O-])cn2)cc1)C(=O)Nc1ccc(F)c(Cl)c1. The number of carbonyl (C=O) groups excluding carboxylic acids is 1. The van der Waals surface area contributed by atoms with Crippen molar-refractivity contribution in [2.24, 2.45) is 5.73 Å². The molecule has 1 heterocycles. The first-order valence-corrected chi connectivity index (χ1v) is 9.08. The number of pyridine rings is 1. The van der Waals surface area contributed by atoms with Crippen molar-refractivity contribution in [3.05, 3.63) is 87.3 Å². The Labute approximate surface area is 175 Å². The quantitative estimate of drug-likeness (QED) is 0.430. The molecule has 30 heavy (non-hydrogen) atoms. The van der Waals surface area contributed by atoms with Crippen LogP contribution in [0.15, 0.2) is 60.8 Å². The van der Waals surface area contributed by atoms with Crippen molar-refractivity contribution in [1.29, 1.82) is 0 Å². The van der Waals surface area contributed by atoms with Crippen LogP contribution >= 0.6 is 11.6 Å². The summed E-state index contributed by atoms with van der Waals surface area (Å²) in [6, 6.07) is 12.5. The number of benzene rings is 2. The Morgan fingerprint density at radius 1 is 1.23 bits per heavy atom. The molecule has 154 valence electrons. The number of ether oxygens (including phenoxy) is 1. The topological polar surface area (TPSA) is 120 Å². The third-order valence-electron chi connectivity index (χ3n) is 4.06. The third kappa shape index (κ3) is 5.49. The van der Waals surface area contributed by atoms with Gasteiger partial charge in [-0.2, -0.15) is 0 Å². The van der Waals surface area contributed by atoms with Gasteiger partial charge in [-0.25, -0.2) is 9.37 Å². The summed E-state index contributed by atoms with van der Waals surface area (Å²) in [4.78, 5) is 26.2. The number of hydrogen-bond acceptors (Lipinski definition) is 6. The van der Waals surface area contributed by atoms with Crippen LogP contribution in [0.1, 0.15) is 5.56 Å². The Morgan fingerprint density at radius 3 is 2.57 bits per heavy atom. The summed E-state index contributed by atoms with van der Waals surface area (Å²) in [5.74, 6) is -0.334. The Balaban J connectivity index is 1.56. The molecule has 3 rings (SSSR count). The summed E-state index contributed by atoms with van der Waals surface area (Å²) in [5.41, 5.74) is 6.96. The predicted octanol–water partition coefficient (Wildman–Crippen LogP) is 4.08. The van der Waals surface area contributed by atoms with E-state index >= 15 is 0 Å². The molecule has 8 nitrogen and oxygen atoms in total. The number of amides is 1. The molecule has 1 atom stereocenters. The molecule has 0 unspecified atom stereocenters. The summed E-state index contributed by atoms with van der Waals surface area (Å²) in [7, 11) is 0. The van der Waals surface area contributed by atoms with Gasteiger partial charge in [0.05, 0.1) is 16.0 Å². The van der Waals surface area contributed by atoms with Gasteiger partial charge in [0, 0.05) is 17.8 Å². The van der Waals surface area contributed by atoms with Crippen LogP contribution in [0.2, 0.25) is 5.02 Å². The van der Waals surface area contributed by atoms with Gasteiger partial charge in [0.1, 0.15) is 17.8 Å². The lowest BCUT2D eigenvalue weighted by Crippen LogP contribution is -2.37. The van der Waals surface area contributed by atoms with Crippen molar-refractivity contribution in [3.8, 4) is 11.6 Å². The van der Waals surface area contributed by atoms with E-state index in [2.05, 4.69) is 10.3 Å². The number of nitrogens with two attached hydrogens (primary N) is 1. The number of nitrogens with zero attached hydrogens (tertiary/aromatic N) is 2. The molecule has 10 heteroatoms. The lowest BCUT2D eigenvalue weighted by molar-refractivity contribution is -0.385. The molecule has 1 aromatic heterocycles. The number of aromatic nitrogens is 1. The Hall–Kier alpha value is -3.56. The molecule has 1 amide bonds. The average molecular weight is 431 g/mol. The highest BCUT2D eigenvalue weighted by Gasteiger charge is 2.15. The molecule has 0 bridgehead atoms. The van der Waals surface area contributed by atoms with Crippen LogP contribution in [-0.2, 0) is 11.2 Å². The normalized spacial score (nSPS) is 11.6. The second-order valence-corrected chi connectivity index (χ2v) is 6.69. The molecule has 0 aliphatic rings. The van der Waals surface area contributed by atoms with Gasteiger partial charge in [-0.1, -0.05) is 23.7 Å². The largest absolute Gasteiger partial charge is 0.439 e. The van der Waals surface area contributed by atoms with Crippen LogP contribution in [0, 0.1) is 15.9 Å². The highest BCUT2D eigenvalue weighted by molar-refractivity contribution is 6.31. The highest BCUT2D eigenvalue weighted by Crippen LogP contribution is 2.22. The smallest absolute Gasteiger partial charge is 0.287 e. The van der Waals surface area contributed by atoms with Crippen LogP contribution in [0.3, 0.4) is 0 Å². The summed E-state index contributed by atoms with van der Waals surface area (Å²) in [6.07, 6.45) is 1.37. The van der Waals surface area contributed by atoms with Gasteiger partial charge in [0.15, 0.2) is 0 Å². The van der Waals surface area contributed by atoms with Gasteiger partial charge >= 0.3 is 0 Å². The summed E-state index contributed by atoms with van der Waals surface area (Å²) in [5, 5.41) is 13.1. The van der Waals surface area contributed by atoms with E-state index in [0.29, 0.717) is 11.4 Å². The first-order chi connectivity index (χ1) is 14.3. The van der Waals surface area contributed by atoms with E-state index in [1.54, 1.807) is 24.3 Å². The molecule has 0 radical (unpaired) electrons. The van der Waals surface area contributed by atoms with E-state index in [1.807, 2.05) is 0 Å². The molecule has 0 aliphatic heterocycles. The van der Waals surface area contributed by atoms with E-state index in [1.165, 1.54) is 24.3 Å². The first-order valence-electron chi connectivity index (χ1n) is 8.70. The maximum absolute atomic E-state index is 13.2. The molecule has 0 fully saturated rings. The average Bonchev–Trinajstić information content (AvgIpc) is 2.72. The van der Waals surface area contributed by atoms with E-state index in [9.17, 15) is 19.3 Å². The minimum Gasteiger partial charge on any atom is -0.439 e. The lowest BCUT2D eigenvalue weighted by Gasteiger charge is -2.13. The lowest BCUT2D eigenvalue weighted by atomic mass is 10.1. The number of halogens is 2. The molecule has 3 N–H and O–H groups in total. The van der Waals surface area contributed by atoms with Crippen molar-refractivity contribution in [1.82, 2.24) is 4.98 Å². The van der Waals surface area contributed by atoms with Crippen LogP contribution < -0.4 is 15.8 Å². The van der Waals surface area contributed by atoms with Crippen LogP contribution in [0.5, 0.6) is 11.6 Å². The van der Waals surface area contributed by atoms with Crippen LogP contribution in [0.25, 0.3) is 0 Å². The molecule has 0 spiro atoms. The van der Waals surface area contributed by atoms with Crippen molar-refractivity contribution in [3.63, 3.8) is 0 Å². The van der Waals surface area contributed by atoms with Gasteiger partial charge in [-0.3, -0.25) is 14.9 Å². The third-order valence-corrected chi connectivity index (χ3v) is 4.35. The zero-order valence-electron chi connectivity index (χ0n) is 15.4. The minimum atomic E-state index is -0.836. The second kappa shape index (κ2) is 9.29. The van der Waals surface area contributed by atoms with Gasteiger partial charge in [-0.15, -0.1) is 0 Å². The van der Waals surface area contributed by atoms with Crippen LogP contribution in [-0.4, -0.2) is 21.9 Å². The van der Waals surface area contributed by atoms with E-state index in [0.717, 1.165) is 17.8 Å². The predicted molar refractivity (Wildman–Crippen MR) is 109 cm³/mol. The Morgan fingerprint density at radius 2 is 1.97 bits per heavy atom. The zero-order valence-corrected chi connectivity index (χ0v) is 16.2. The van der Waals surface area contributed by atoms with Gasteiger partial charge in [0.25, 0.3) is 5.69 Å². The highest BCUT2D eigenvalue weighted by atomic mass is 35.5. The number of rotatable bonds is 7. The summed E-state index contributed by atoms with van der Waals surface area (Å²) >= 11 is 5.70. The van der Waals surface area contributed by atoms with Crippen molar-refractivity contribution in [2.75, 3.05) is 5.32 Å². The Kier molecular flexibility index (Phi) is 6.55. The fourth-order valence-electron chi connectivity index (χ4n) is 2.51. The number of carbonyl (C=O) groups is 1. The molecule has 0 saturated heterocycles. The molecule has 0 aliphatic carbocycles. The van der Waals surface area contributed by atoms with Crippen LogP contribution in [0.4, 0.5) is 15.8 Å². The zero-order chi connectivity index (χ0) is 21.7. The number of nitro groups is 1. The van der Waals surface area contributed by atoms with Gasteiger partial charge in [0.2, 0.25) is 11.8 Å². The fourth-order valence-corrected chi connectivity index (χ4v) is 2.69. The molecule has 0 saturated carbocycles. The number of nitrogens with one attached hydrogen (secondary N) is 1. The monoisotopic (exact) mass is 430 g/mol. The van der Waals surface area contributed by atoms with Gasteiger partial charge in [-0.05, 0) is 42.3 Å². The first kappa shape index (κ1) is 21.2. The maximum Gasteiger partial charge on any atom is 0.287 e. The standard InChI is InChI=1S/C20H16ClFN4O4/c21-16-10-13(3-7-17(16)22)25-20(27)18(23)9-12-1-5-15(6-2-12)30-19-8-4-14(11-24-19)26(28)29/h1-8,10-11,18H,9,23H2,(H,25,27)/t18-/m0/s1. The second-order valence-electron chi connectivity index (χ2n) is 6.29. The fraction of sp³-hybridized carbons (Fsp3) is 0.100. The van der Waals surface area contributed by atoms with E-state index in [-0.39, 0.29) is 23.0 Å². The van der Waals surface area contributed by atoms with Crippen molar-refractivity contribution in [2.45, 2.75) is 12.5 Å². The number of anilines is 1. The molecular weight excluding hydrogens is 415 g/mol. The molecular formula is C20H16ClFN4O4. The maximum atomic E-state index is 13.2. The van der Waals surface area contributed by atoms with Crippen molar-refractivity contribution >= 4 is 28.9 Å². The number of hydrogen-bond donors (Lipinski definition) is 2. The van der Waals surface area contributed by atoms with Gasteiger partial charge < -0.3 is 15.8 Å². The Bertz CT molecular complexity index is 1060. The van der Waals surface area contributed by atoms with E-state index < -0.39 is 22.7 Å². The summed E-state index contributed by atoms with van der Waals surface area (Å²) < 4.78 is 18.7. The van der Waals surface area contributed by atoms with Crippen molar-refractivity contribution < 1.29 is 18.8 Å². The van der Waals surface area contributed by atoms with E-state index in [4.69, 9.17) is 22.1 Å². The minimum absolute atomic E-state index is 0.0977. The summed E-state index contributed by atoms with van der Waals surface area (Å²) in [6.45, 7) is 0. The molecule has 2 aromatic carbocycles. The molecule has 3 aromatic rings.